The Balaban J connectivity index is 2.19. The molecule has 2 rings (SSSR count). The van der Waals surface area contributed by atoms with E-state index in [2.05, 4.69) is 30.4 Å². The molecule has 1 aliphatic heterocycles. The lowest BCUT2D eigenvalue weighted by molar-refractivity contribution is 0.0118. The molecule has 110 valence electrons. The molecule has 1 aliphatic rings. The summed E-state index contributed by atoms with van der Waals surface area (Å²) >= 11 is 0. The van der Waals surface area contributed by atoms with Gasteiger partial charge in [-0.25, -0.2) is 4.79 Å². The standard InChI is InChI=1S/C16H24N2O2/c1-12-6-5-7-13(10-12)14-11-17-8-9-18(14)15(19)20-16(2,3)4/h5-7,10,14,17H,8-9,11H2,1-4H3. The first-order valence-electron chi connectivity index (χ1n) is 7.14. The number of nitrogens with zero attached hydrogens (tertiary/aromatic N) is 1. The Kier molecular flexibility index (Phi) is 4.33. The predicted molar refractivity (Wildman–Crippen MR) is 79.7 cm³/mol. The minimum Gasteiger partial charge on any atom is -0.444 e. The van der Waals surface area contributed by atoms with Gasteiger partial charge in [-0.05, 0) is 33.3 Å². The number of aryl methyl sites for hydroxylation is 1. The molecule has 0 aromatic heterocycles. The first kappa shape index (κ1) is 14.9. The average molecular weight is 276 g/mol. The maximum atomic E-state index is 12.4. The monoisotopic (exact) mass is 276 g/mol. The number of amides is 1. The summed E-state index contributed by atoms with van der Waals surface area (Å²) in [5.74, 6) is 0. The maximum absolute atomic E-state index is 12.4. The van der Waals surface area contributed by atoms with Crippen molar-refractivity contribution in [3.8, 4) is 0 Å². The van der Waals surface area contributed by atoms with Crippen molar-refractivity contribution < 1.29 is 9.53 Å². The Morgan fingerprint density at radius 1 is 1.40 bits per heavy atom. The van der Waals surface area contributed by atoms with Crippen LogP contribution in [0.1, 0.15) is 37.9 Å². The molecule has 1 aromatic rings. The zero-order valence-corrected chi connectivity index (χ0v) is 12.8. The first-order chi connectivity index (χ1) is 9.37. The minimum absolute atomic E-state index is 0.0403. The molecule has 0 radical (unpaired) electrons. The molecule has 1 saturated heterocycles. The van der Waals surface area contributed by atoms with Crippen LogP contribution in [0.2, 0.25) is 0 Å². The lowest BCUT2D eigenvalue weighted by Crippen LogP contribution is -2.50. The van der Waals surface area contributed by atoms with Crippen LogP contribution in [0.5, 0.6) is 0 Å². The summed E-state index contributed by atoms with van der Waals surface area (Å²) in [4.78, 5) is 14.2. The van der Waals surface area contributed by atoms with E-state index in [9.17, 15) is 4.79 Å². The van der Waals surface area contributed by atoms with Crippen LogP contribution in [0.25, 0.3) is 0 Å². The highest BCUT2D eigenvalue weighted by Crippen LogP contribution is 2.25. The van der Waals surface area contributed by atoms with E-state index in [4.69, 9.17) is 4.74 Å². The Hall–Kier alpha value is -1.55. The fraction of sp³-hybridized carbons (Fsp3) is 0.562. The first-order valence-corrected chi connectivity index (χ1v) is 7.14. The number of ether oxygens (including phenoxy) is 1. The van der Waals surface area contributed by atoms with Crippen molar-refractivity contribution in [1.82, 2.24) is 10.2 Å². The summed E-state index contributed by atoms with van der Waals surface area (Å²) in [6.07, 6.45) is -0.231. The van der Waals surface area contributed by atoms with Gasteiger partial charge in [0.15, 0.2) is 0 Å². The molecule has 1 N–H and O–H groups in total. The Morgan fingerprint density at radius 3 is 2.80 bits per heavy atom. The number of piperazine rings is 1. The van der Waals surface area contributed by atoms with E-state index in [1.165, 1.54) is 5.56 Å². The summed E-state index contributed by atoms with van der Waals surface area (Å²) in [6, 6.07) is 8.35. The minimum atomic E-state index is -0.459. The molecular weight excluding hydrogens is 252 g/mol. The second-order valence-electron chi connectivity index (χ2n) is 6.31. The van der Waals surface area contributed by atoms with Crippen LogP contribution in [0, 0.1) is 6.92 Å². The Morgan fingerprint density at radius 2 is 2.15 bits per heavy atom. The normalized spacial score (nSPS) is 19.8. The summed E-state index contributed by atoms with van der Waals surface area (Å²) in [5.41, 5.74) is 1.90. The van der Waals surface area contributed by atoms with E-state index in [1.807, 2.05) is 31.7 Å². The largest absolute Gasteiger partial charge is 0.444 e. The van der Waals surface area contributed by atoms with Gasteiger partial charge in [-0.1, -0.05) is 29.8 Å². The van der Waals surface area contributed by atoms with E-state index >= 15 is 0 Å². The third kappa shape index (κ3) is 3.73. The van der Waals surface area contributed by atoms with E-state index in [-0.39, 0.29) is 12.1 Å². The van der Waals surface area contributed by atoms with Gasteiger partial charge in [-0.2, -0.15) is 0 Å². The van der Waals surface area contributed by atoms with Gasteiger partial charge in [-0.3, -0.25) is 4.90 Å². The topological polar surface area (TPSA) is 41.6 Å². The highest BCUT2D eigenvalue weighted by Gasteiger charge is 2.31. The highest BCUT2D eigenvalue weighted by molar-refractivity contribution is 5.69. The number of benzene rings is 1. The molecule has 1 heterocycles. The summed E-state index contributed by atoms with van der Waals surface area (Å²) in [7, 11) is 0. The number of rotatable bonds is 1. The maximum Gasteiger partial charge on any atom is 0.410 e. The van der Waals surface area contributed by atoms with Crippen LogP contribution >= 0.6 is 0 Å². The molecule has 1 aromatic carbocycles. The van der Waals surface area contributed by atoms with Gasteiger partial charge in [0.25, 0.3) is 0 Å². The van der Waals surface area contributed by atoms with Crippen LogP contribution in [0.3, 0.4) is 0 Å². The van der Waals surface area contributed by atoms with Crippen LogP contribution in [-0.4, -0.2) is 36.2 Å². The lowest BCUT2D eigenvalue weighted by atomic mass is 10.0. The number of hydrogen-bond acceptors (Lipinski definition) is 3. The summed E-state index contributed by atoms with van der Waals surface area (Å²) in [5, 5.41) is 3.35. The fourth-order valence-electron chi connectivity index (χ4n) is 2.42. The zero-order chi connectivity index (χ0) is 14.8. The van der Waals surface area contributed by atoms with Gasteiger partial charge in [-0.15, -0.1) is 0 Å². The highest BCUT2D eigenvalue weighted by atomic mass is 16.6. The van der Waals surface area contributed by atoms with Crippen molar-refractivity contribution in [2.24, 2.45) is 0 Å². The number of carbonyl (C=O) groups excluding carboxylic acids is 1. The van der Waals surface area contributed by atoms with Crippen LogP contribution in [-0.2, 0) is 4.74 Å². The van der Waals surface area contributed by atoms with Gasteiger partial charge < -0.3 is 10.1 Å². The number of carbonyl (C=O) groups is 1. The smallest absolute Gasteiger partial charge is 0.410 e. The van der Waals surface area contributed by atoms with Crippen molar-refractivity contribution in [2.75, 3.05) is 19.6 Å². The van der Waals surface area contributed by atoms with Gasteiger partial charge >= 0.3 is 6.09 Å². The van der Waals surface area contributed by atoms with E-state index in [1.54, 1.807) is 0 Å². The molecule has 0 bridgehead atoms. The van der Waals surface area contributed by atoms with Crippen molar-refractivity contribution >= 4 is 6.09 Å². The quantitative estimate of drug-likeness (QED) is 0.857. The third-order valence-electron chi connectivity index (χ3n) is 3.30. The zero-order valence-electron chi connectivity index (χ0n) is 12.8. The molecule has 0 saturated carbocycles. The molecular formula is C16H24N2O2. The lowest BCUT2D eigenvalue weighted by Gasteiger charge is -2.37. The van der Waals surface area contributed by atoms with Crippen molar-refractivity contribution in [3.63, 3.8) is 0 Å². The van der Waals surface area contributed by atoms with Gasteiger partial charge in [0.05, 0.1) is 6.04 Å². The Labute approximate surface area is 121 Å². The molecule has 4 nitrogen and oxygen atoms in total. The molecule has 4 heteroatoms. The van der Waals surface area contributed by atoms with Crippen LogP contribution < -0.4 is 5.32 Å². The summed E-state index contributed by atoms with van der Waals surface area (Å²) < 4.78 is 5.52. The molecule has 1 atom stereocenters. The predicted octanol–water partition coefficient (Wildman–Crippen LogP) is 2.88. The molecule has 0 spiro atoms. The van der Waals surface area contributed by atoms with Crippen LogP contribution in [0.4, 0.5) is 4.79 Å². The Bertz CT molecular complexity index is 480. The molecule has 1 fully saturated rings. The van der Waals surface area contributed by atoms with E-state index in [0.29, 0.717) is 6.54 Å². The second kappa shape index (κ2) is 5.83. The van der Waals surface area contributed by atoms with Crippen molar-refractivity contribution in [3.05, 3.63) is 35.4 Å². The SMILES string of the molecule is Cc1cccc(C2CNCCN2C(=O)OC(C)(C)C)c1. The van der Waals surface area contributed by atoms with Crippen molar-refractivity contribution in [1.29, 1.82) is 0 Å². The molecule has 1 amide bonds. The second-order valence-corrected chi connectivity index (χ2v) is 6.31. The van der Waals surface area contributed by atoms with E-state index in [0.717, 1.165) is 18.7 Å². The number of nitrogens with one attached hydrogen (secondary N) is 1. The molecule has 1 unspecified atom stereocenters. The summed E-state index contributed by atoms with van der Waals surface area (Å²) in [6.45, 7) is 10.0. The average Bonchev–Trinajstić information content (AvgIpc) is 2.37. The molecule has 20 heavy (non-hydrogen) atoms. The molecule has 0 aliphatic carbocycles. The number of hydrogen-bond donors (Lipinski definition) is 1. The third-order valence-corrected chi connectivity index (χ3v) is 3.30. The van der Waals surface area contributed by atoms with E-state index < -0.39 is 5.60 Å². The fourth-order valence-corrected chi connectivity index (χ4v) is 2.42. The van der Waals surface area contributed by atoms with Gasteiger partial charge in [0.2, 0.25) is 0 Å². The van der Waals surface area contributed by atoms with Crippen LogP contribution in [0.15, 0.2) is 24.3 Å². The van der Waals surface area contributed by atoms with Gasteiger partial charge in [0, 0.05) is 19.6 Å². The van der Waals surface area contributed by atoms with Gasteiger partial charge in [0.1, 0.15) is 5.60 Å². The van der Waals surface area contributed by atoms with Crippen molar-refractivity contribution in [2.45, 2.75) is 39.3 Å².